The van der Waals surface area contributed by atoms with Crippen molar-refractivity contribution in [2.75, 3.05) is 6.54 Å². The van der Waals surface area contributed by atoms with E-state index in [4.69, 9.17) is 9.84 Å². The van der Waals surface area contributed by atoms with Crippen LogP contribution in [0.25, 0.3) is 0 Å². The minimum atomic E-state index is -0.960. The maximum Gasteiger partial charge on any atom is 0.408 e. The minimum absolute atomic E-state index is 0.147. The molecular weight excluding hydrogens is 278 g/mol. The molecule has 1 aromatic heterocycles. The lowest BCUT2D eigenvalue weighted by Gasteiger charge is -2.18. The quantitative estimate of drug-likeness (QED) is 0.822. The lowest BCUT2D eigenvalue weighted by Crippen LogP contribution is -2.32. The summed E-state index contributed by atoms with van der Waals surface area (Å²) in [5.41, 5.74) is 0.273. The minimum Gasteiger partial charge on any atom is -0.477 e. The van der Waals surface area contributed by atoms with Crippen LogP contribution in [0.4, 0.5) is 4.79 Å². The van der Waals surface area contributed by atoms with E-state index in [0.29, 0.717) is 4.88 Å². The Bertz CT molecular complexity index is 572. The number of ether oxygens (including phenoxy) is 1. The van der Waals surface area contributed by atoms with Gasteiger partial charge in [0.25, 0.3) is 0 Å². The number of carbonyl (C=O) groups is 2. The average Bonchev–Trinajstić information content (AvgIpc) is 2.64. The molecule has 1 heterocycles. The fourth-order valence-electron chi connectivity index (χ4n) is 1.27. The van der Waals surface area contributed by atoms with E-state index in [9.17, 15) is 9.59 Å². The second-order valence-corrected chi connectivity index (χ2v) is 6.14. The molecule has 0 saturated heterocycles. The maximum absolute atomic E-state index is 11.4. The highest BCUT2D eigenvalue weighted by atomic mass is 32.1. The third-order valence-electron chi connectivity index (χ3n) is 2.05. The van der Waals surface area contributed by atoms with Crippen molar-refractivity contribution >= 4 is 23.4 Å². The van der Waals surface area contributed by atoms with Gasteiger partial charge in [0.2, 0.25) is 0 Å². The van der Waals surface area contributed by atoms with Crippen molar-refractivity contribution in [2.45, 2.75) is 33.3 Å². The summed E-state index contributed by atoms with van der Waals surface area (Å²) in [5.74, 6) is 4.65. The van der Waals surface area contributed by atoms with Gasteiger partial charge >= 0.3 is 12.1 Å². The molecule has 108 valence electrons. The van der Waals surface area contributed by atoms with Crippen LogP contribution in [0, 0.1) is 18.8 Å². The number of hydrogen-bond donors (Lipinski definition) is 2. The van der Waals surface area contributed by atoms with Crippen LogP contribution in [0.3, 0.4) is 0 Å². The topological polar surface area (TPSA) is 75.6 Å². The third kappa shape index (κ3) is 5.33. The Morgan fingerprint density at radius 1 is 1.45 bits per heavy atom. The van der Waals surface area contributed by atoms with Crippen LogP contribution < -0.4 is 5.32 Å². The molecule has 2 N–H and O–H groups in total. The van der Waals surface area contributed by atoms with E-state index in [1.165, 1.54) is 0 Å². The van der Waals surface area contributed by atoms with Crippen molar-refractivity contribution in [1.29, 1.82) is 0 Å². The van der Waals surface area contributed by atoms with Gasteiger partial charge in [0, 0.05) is 0 Å². The van der Waals surface area contributed by atoms with Gasteiger partial charge in [-0.1, -0.05) is 11.8 Å². The molecular formula is C14H17NO4S. The van der Waals surface area contributed by atoms with Gasteiger partial charge in [0.1, 0.15) is 10.5 Å². The van der Waals surface area contributed by atoms with Gasteiger partial charge in [-0.3, -0.25) is 0 Å². The number of carbonyl (C=O) groups excluding carboxylic acids is 1. The number of alkyl carbamates (subject to hydrolysis) is 1. The van der Waals surface area contributed by atoms with Crippen LogP contribution in [0.1, 0.15) is 40.9 Å². The number of thiophene rings is 1. The highest BCUT2D eigenvalue weighted by Crippen LogP contribution is 2.20. The van der Waals surface area contributed by atoms with Crippen LogP contribution in [0.2, 0.25) is 0 Å². The molecule has 0 unspecified atom stereocenters. The smallest absolute Gasteiger partial charge is 0.408 e. The zero-order valence-corrected chi connectivity index (χ0v) is 12.7. The molecule has 20 heavy (non-hydrogen) atoms. The van der Waals surface area contributed by atoms with Crippen LogP contribution in [0.15, 0.2) is 6.07 Å². The molecule has 6 heteroatoms. The Morgan fingerprint density at radius 3 is 2.60 bits per heavy atom. The number of hydrogen-bond acceptors (Lipinski definition) is 4. The standard InChI is InChI=1S/C14H17NO4S/c1-9-8-11(12(16)17)20-10(9)6-5-7-15-13(18)19-14(2,3)4/h8H,7H2,1-4H3,(H,15,18)(H,16,17). The van der Waals surface area contributed by atoms with Gasteiger partial charge < -0.3 is 15.2 Å². The fourth-order valence-corrected chi connectivity index (χ4v) is 2.15. The van der Waals surface area contributed by atoms with E-state index >= 15 is 0 Å². The molecule has 0 atom stereocenters. The summed E-state index contributed by atoms with van der Waals surface area (Å²) in [6, 6.07) is 1.58. The van der Waals surface area contributed by atoms with E-state index in [2.05, 4.69) is 17.2 Å². The Kier molecular flexibility index (Phi) is 5.17. The van der Waals surface area contributed by atoms with Crippen LogP contribution >= 0.6 is 11.3 Å². The summed E-state index contributed by atoms with van der Waals surface area (Å²) in [7, 11) is 0. The normalized spacial score (nSPS) is 10.4. The molecule has 0 fully saturated rings. The number of carboxylic acid groups (broad SMARTS) is 1. The molecule has 0 saturated carbocycles. The van der Waals surface area contributed by atoms with Gasteiger partial charge in [-0.25, -0.2) is 9.59 Å². The first-order valence-corrected chi connectivity index (χ1v) is 6.80. The zero-order chi connectivity index (χ0) is 15.3. The molecule has 5 nitrogen and oxygen atoms in total. The third-order valence-corrected chi connectivity index (χ3v) is 3.19. The summed E-state index contributed by atoms with van der Waals surface area (Å²) in [5, 5.41) is 11.4. The van der Waals surface area contributed by atoms with Crippen molar-refractivity contribution in [2.24, 2.45) is 0 Å². The van der Waals surface area contributed by atoms with Crippen molar-refractivity contribution in [3.63, 3.8) is 0 Å². The molecule has 1 amide bonds. The van der Waals surface area contributed by atoms with Crippen molar-refractivity contribution in [1.82, 2.24) is 5.32 Å². The van der Waals surface area contributed by atoms with Gasteiger partial charge in [-0.2, -0.15) is 0 Å². The van der Waals surface area contributed by atoms with Crippen molar-refractivity contribution in [3.05, 3.63) is 21.4 Å². The first-order chi connectivity index (χ1) is 9.19. The molecule has 1 aromatic rings. The first-order valence-electron chi connectivity index (χ1n) is 5.98. The first kappa shape index (κ1) is 16.1. The predicted octanol–water partition coefficient (Wildman–Crippen LogP) is 2.63. The Hall–Kier alpha value is -2.00. The van der Waals surface area contributed by atoms with Crippen molar-refractivity contribution < 1.29 is 19.4 Å². The highest BCUT2D eigenvalue weighted by Gasteiger charge is 2.15. The molecule has 0 aliphatic heterocycles. The van der Waals surface area contributed by atoms with Gasteiger partial charge in [-0.05, 0) is 39.3 Å². The largest absolute Gasteiger partial charge is 0.477 e. The van der Waals surface area contributed by atoms with E-state index in [-0.39, 0.29) is 11.4 Å². The lowest BCUT2D eigenvalue weighted by atomic mass is 10.2. The number of carboxylic acids is 1. The molecule has 0 radical (unpaired) electrons. The summed E-state index contributed by atoms with van der Waals surface area (Å²) in [6.07, 6.45) is -0.527. The van der Waals surface area contributed by atoms with Crippen molar-refractivity contribution in [3.8, 4) is 11.8 Å². The van der Waals surface area contributed by atoms with Crippen LogP contribution in [-0.4, -0.2) is 29.3 Å². The van der Waals surface area contributed by atoms with E-state index in [0.717, 1.165) is 16.9 Å². The van der Waals surface area contributed by atoms with E-state index in [1.54, 1.807) is 33.8 Å². The molecule has 0 aliphatic rings. The fraction of sp³-hybridized carbons (Fsp3) is 0.429. The van der Waals surface area contributed by atoms with Gasteiger partial charge in [0.05, 0.1) is 11.4 Å². The molecule has 0 aliphatic carbocycles. The lowest BCUT2D eigenvalue weighted by molar-refractivity contribution is 0.0534. The average molecular weight is 295 g/mol. The molecule has 0 spiro atoms. The summed E-state index contributed by atoms with van der Waals surface area (Å²) in [4.78, 5) is 23.1. The summed E-state index contributed by atoms with van der Waals surface area (Å²) < 4.78 is 5.06. The Balaban J connectivity index is 2.55. The van der Waals surface area contributed by atoms with Crippen LogP contribution in [-0.2, 0) is 4.74 Å². The van der Waals surface area contributed by atoms with Gasteiger partial charge in [-0.15, -0.1) is 11.3 Å². The maximum atomic E-state index is 11.4. The summed E-state index contributed by atoms with van der Waals surface area (Å²) >= 11 is 1.12. The molecule has 0 bridgehead atoms. The number of nitrogens with one attached hydrogen (secondary N) is 1. The number of rotatable bonds is 2. The van der Waals surface area contributed by atoms with Gasteiger partial charge in [0.15, 0.2) is 0 Å². The monoisotopic (exact) mass is 295 g/mol. The highest BCUT2D eigenvalue weighted by molar-refractivity contribution is 7.14. The summed E-state index contributed by atoms with van der Waals surface area (Å²) in [6.45, 7) is 7.28. The SMILES string of the molecule is Cc1cc(C(=O)O)sc1C#CCNC(=O)OC(C)(C)C. The zero-order valence-electron chi connectivity index (χ0n) is 11.9. The second kappa shape index (κ2) is 6.44. The number of aromatic carboxylic acids is 1. The second-order valence-electron chi connectivity index (χ2n) is 5.09. The Morgan fingerprint density at radius 2 is 2.10 bits per heavy atom. The predicted molar refractivity (Wildman–Crippen MR) is 77.1 cm³/mol. The molecule has 1 rings (SSSR count). The van der Waals surface area contributed by atoms with Crippen LogP contribution in [0.5, 0.6) is 0 Å². The Labute approximate surface area is 122 Å². The number of aryl methyl sites for hydroxylation is 1. The number of amides is 1. The van der Waals surface area contributed by atoms with E-state index in [1.807, 2.05) is 0 Å². The molecule has 0 aromatic carbocycles. The van der Waals surface area contributed by atoms with E-state index < -0.39 is 17.7 Å².